The van der Waals surface area contributed by atoms with E-state index in [1.165, 1.54) is 42.5 Å². The summed E-state index contributed by atoms with van der Waals surface area (Å²) in [5, 5.41) is 3.00. The number of carbonyl (C=O) groups is 1. The van der Waals surface area contributed by atoms with Crippen LogP contribution in [0.1, 0.15) is 46.4 Å². The number of nitrogens with one attached hydrogen (secondary N) is 2. The van der Waals surface area contributed by atoms with Crippen LogP contribution in [0.25, 0.3) is 0 Å². The van der Waals surface area contributed by atoms with Crippen LogP contribution < -0.4 is 10.0 Å². The minimum Gasteiger partial charge on any atom is -0.345 e. The molecule has 0 aliphatic rings. The predicted molar refractivity (Wildman–Crippen MR) is 120 cm³/mol. The molecule has 1 atom stereocenters. The Labute approximate surface area is 182 Å². The van der Waals surface area contributed by atoms with E-state index >= 15 is 0 Å². The first kappa shape index (κ1) is 22.5. The van der Waals surface area contributed by atoms with Crippen LogP contribution in [0.15, 0.2) is 71.6 Å². The summed E-state index contributed by atoms with van der Waals surface area (Å²) in [4.78, 5) is 12.8. The standard InChI is InChI=1S/C24H25FN2O3S/c1-4-23(22-13-8-16(2)14-17(22)3)26-24(28)18-6-5-7-21(15-18)31(29,30)27-20-11-9-19(25)10-12-20/h5-15,23,27H,4H2,1-3H3,(H,26,28)/t23-/m1/s1. The fourth-order valence-electron chi connectivity index (χ4n) is 3.39. The zero-order chi connectivity index (χ0) is 22.6. The lowest BCUT2D eigenvalue weighted by molar-refractivity contribution is 0.0935. The average Bonchev–Trinajstić information content (AvgIpc) is 2.74. The van der Waals surface area contributed by atoms with Gasteiger partial charge in [0.2, 0.25) is 0 Å². The van der Waals surface area contributed by atoms with Gasteiger partial charge in [0.25, 0.3) is 15.9 Å². The molecular formula is C24H25FN2O3S. The Morgan fingerprint density at radius 3 is 2.35 bits per heavy atom. The van der Waals surface area contributed by atoms with Gasteiger partial charge in [-0.2, -0.15) is 0 Å². The largest absolute Gasteiger partial charge is 0.345 e. The molecule has 0 aromatic heterocycles. The highest BCUT2D eigenvalue weighted by molar-refractivity contribution is 7.92. The lowest BCUT2D eigenvalue weighted by atomic mass is 9.97. The summed E-state index contributed by atoms with van der Waals surface area (Å²) in [5.74, 6) is -0.818. The van der Waals surface area contributed by atoms with Crippen LogP contribution in [0.4, 0.5) is 10.1 Å². The number of aryl methyl sites for hydroxylation is 2. The molecule has 7 heteroatoms. The van der Waals surface area contributed by atoms with E-state index in [4.69, 9.17) is 0 Å². The smallest absolute Gasteiger partial charge is 0.261 e. The molecule has 5 nitrogen and oxygen atoms in total. The van der Waals surface area contributed by atoms with Gasteiger partial charge in [-0.3, -0.25) is 9.52 Å². The van der Waals surface area contributed by atoms with Crippen molar-refractivity contribution >= 4 is 21.6 Å². The summed E-state index contributed by atoms with van der Waals surface area (Å²) < 4.78 is 40.9. The Bertz CT molecular complexity index is 1190. The summed E-state index contributed by atoms with van der Waals surface area (Å²) in [6.45, 7) is 6.01. The van der Waals surface area contributed by atoms with Gasteiger partial charge in [0.05, 0.1) is 10.9 Å². The molecule has 31 heavy (non-hydrogen) atoms. The second-order valence-electron chi connectivity index (χ2n) is 7.43. The summed E-state index contributed by atoms with van der Waals surface area (Å²) in [5.41, 5.74) is 3.74. The SMILES string of the molecule is CC[C@@H](NC(=O)c1cccc(S(=O)(=O)Nc2ccc(F)cc2)c1)c1ccc(C)cc1C. The fraction of sp³-hybridized carbons (Fsp3) is 0.208. The Kier molecular flexibility index (Phi) is 6.75. The maximum absolute atomic E-state index is 13.1. The number of hydrogen-bond acceptors (Lipinski definition) is 3. The Morgan fingerprint density at radius 1 is 1.00 bits per heavy atom. The van der Waals surface area contributed by atoms with Crippen LogP contribution in [-0.2, 0) is 10.0 Å². The Hall–Kier alpha value is -3.19. The lowest BCUT2D eigenvalue weighted by Crippen LogP contribution is -2.29. The molecule has 0 aliphatic carbocycles. The van der Waals surface area contributed by atoms with Gasteiger partial charge in [0.15, 0.2) is 0 Å². The fourth-order valence-corrected chi connectivity index (χ4v) is 4.50. The van der Waals surface area contributed by atoms with Crippen molar-refractivity contribution in [3.63, 3.8) is 0 Å². The molecule has 0 fully saturated rings. The normalized spacial score (nSPS) is 12.3. The quantitative estimate of drug-likeness (QED) is 0.535. The molecular weight excluding hydrogens is 415 g/mol. The summed E-state index contributed by atoms with van der Waals surface area (Å²) in [6.07, 6.45) is 0.694. The van der Waals surface area contributed by atoms with E-state index < -0.39 is 15.8 Å². The molecule has 0 heterocycles. The predicted octanol–water partition coefficient (Wildman–Crippen LogP) is 5.12. The molecule has 1 amide bonds. The van der Waals surface area contributed by atoms with Crippen molar-refractivity contribution in [2.75, 3.05) is 4.72 Å². The van der Waals surface area contributed by atoms with Gasteiger partial charge >= 0.3 is 0 Å². The van der Waals surface area contributed by atoms with E-state index in [0.717, 1.165) is 16.7 Å². The van der Waals surface area contributed by atoms with Crippen molar-refractivity contribution in [3.05, 3.63) is 94.8 Å². The summed E-state index contributed by atoms with van der Waals surface area (Å²) in [6, 6.07) is 16.7. The minimum absolute atomic E-state index is 0.0518. The Morgan fingerprint density at radius 2 is 1.71 bits per heavy atom. The second-order valence-corrected chi connectivity index (χ2v) is 9.12. The molecule has 3 rings (SSSR count). The first-order valence-electron chi connectivity index (χ1n) is 9.96. The minimum atomic E-state index is -3.93. The maximum atomic E-state index is 13.1. The van der Waals surface area contributed by atoms with E-state index in [-0.39, 0.29) is 28.1 Å². The zero-order valence-corrected chi connectivity index (χ0v) is 18.5. The monoisotopic (exact) mass is 440 g/mol. The number of benzene rings is 3. The topological polar surface area (TPSA) is 75.3 Å². The van der Waals surface area contributed by atoms with Crippen LogP contribution in [0, 0.1) is 19.7 Å². The van der Waals surface area contributed by atoms with Gasteiger partial charge in [-0.25, -0.2) is 12.8 Å². The molecule has 0 bridgehead atoms. The molecule has 3 aromatic carbocycles. The van der Waals surface area contributed by atoms with Crippen LogP contribution in [0.5, 0.6) is 0 Å². The molecule has 162 valence electrons. The summed E-state index contributed by atoms with van der Waals surface area (Å²) in [7, 11) is -3.93. The molecule has 0 unspecified atom stereocenters. The third kappa shape index (κ3) is 5.49. The first-order chi connectivity index (χ1) is 14.7. The Balaban J connectivity index is 1.81. The van der Waals surface area contributed by atoms with Gasteiger partial charge in [-0.05, 0) is 73.9 Å². The highest BCUT2D eigenvalue weighted by Gasteiger charge is 2.19. The molecule has 3 aromatic rings. The summed E-state index contributed by atoms with van der Waals surface area (Å²) >= 11 is 0. The van der Waals surface area contributed by atoms with Crippen molar-refractivity contribution in [1.29, 1.82) is 0 Å². The van der Waals surface area contributed by atoms with Crippen LogP contribution in [-0.4, -0.2) is 14.3 Å². The van der Waals surface area contributed by atoms with Gasteiger partial charge in [0, 0.05) is 11.3 Å². The van der Waals surface area contributed by atoms with Crippen LogP contribution >= 0.6 is 0 Å². The van der Waals surface area contributed by atoms with Crippen molar-refractivity contribution < 1.29 is 17.6 Å². The van der Waals surface area contributed by atoms with E-state index in [9.17, 15) is 17.6 Å². The molecule has 0 spiro atoms. The molecule has 0 saturated carbocycles. The number of carbonyl (C=O) groups excluding carboxylic acids is 1. The number of rotatable bonds is 7. The van der Waals surface area contributed by atoms with Crippen molar-refractivity contribution in [1.82, 2.24) is 5.32 Å². The zero-order valence-electron chi connectivity index (χ0n) is 17.6. The van der Waals surface area contributed by atoms with Crippen molar-refractivity contribution in [2.24, 2.45) is 0 Å². The van der Waals surface area contributed by atoms with E-state index in [1.807, 2.05) is 32.9 Å². The van der Waals surface area contributed by atoms with E-state index in [1.54, 1.807) is 6.07 Å². The third-order valence-corrected chi connectivity index (χ3v) is 6.40. The molecule has 0 radical (unpaired) electrons. The third-order valence-electron chi connectivity index (χ3n) is 5.02. The number of hydrogen-bond donors (Lipinski definition) is 2. The lowest BCUT2D eigenvalue weighted by Gasteiger charge is -2.20. The van der Waals surface area contributed by atoms with Crippen LogP contribution in [0.3, 0.4) is 0 Å². The molecule has 0 aliphatic heterocycles. The van der Waals surface area contributed by atoms with E-state index in [0.29, 0.717) is 6.42 Å². The van der Waals surface area contributed by atoms with Crippen molar-refractivity contribution in [3.8, 4) is 0 Å². The number of sulfonamides is 1. The number of amides is 1. The van der Waals surface area contributed by atoms with Crippen LogP contribution in [0.2, 0.25) is 0 Å². The van der Waals surface area contributed by atoms with E-state index in [2.05, 4.69) is 16.1 Å². The van der Waals surface area contributed by atoms with Gasteiger partial charge < -0.3 is 5.32 Å². The van der Waals surface area contributed by atoms with Gasteiger partial charge in [0.1, 0.15) is 5.82 Å². The highest BCUT2D eigenvalue weighted by Crippen LogP contribution is 2.23. The second kappa shape index (κ2) is 9.31. The van der Waals surface area contributed by atoms with Gasteiger partial charge in [-0.15, -0.1) is 0 Å². The maximum Gasteiger partial charge on any atom is 0.261 e. The number of anilines is 1. The molecule has 0 saturated heterocycles. The van der Waals surface area contributed by atoms with Crippen molar-refractivity contribution in [2.45, 2.75) is 38.1 Å². The molecule has 2 N–H and O–H groups in total. The average molecular weight is 441 g/mol. The highest BCUT2D eigenvalue weighted by atomic mass is 32.2. The first-order valence-corrected chi connectivity index (χ1v) is 11.4. The van der Waals surface area contributed by atoms with Gasteiger partial charge in [-0.1, -0.05) is 36.8 Å². The number of halogens is 1.